The Morgan fingerprint density at radius 3 is 2.57 bits per heavy atom. The lowest BCUT2D eigenvalue weighted by Crippen LogP contribution is -2.44. The van der Waals surface area contributed by atoms with Crippen LogP contribution in [0.5, 0.6) is 0 Å². The van der Waals surface area contributed by atoms with Crippen LogP contribution < -0.4 is 10.2 Å². The number of rotatable bonds is 4. The lowest BCUT2D eigenvalue weighted by atomic mass is 10.2. The van der Waals surface area contributed by atoms with Crippen LogP contribution >= 0.6 is 0 Å². The molecule has 3 heterocycles. The third-order valence-corrected chi connectivity index (χ3v) is 3.89. The van der Waals surface area contributed by atoms with Crippen LogP contribution in [0.1, 0.15) is 11.3 Å². The minimum absolute atomic E-state index is 0.314. The molecule has 0 saturated carbocycles. The highest BCUT2D eigenvalue weighted by Gasteiger charge is 2.14. The summed E-state index contributed by atoms with van der Waals surface area (Å²) in [4.78, 5) is 9.19. The number of hydrogen-bond acceptors (Lipinski definition) is 7. The highest BCUT2D eigenvalue weighted by Crippen LogP contribution is 2.14. The molecule has 2 aromatic heterocycles. The van der Waals surface area contributed by atoms with Gasteiger partial charge >= 0.3 is 0 Å². The molecular formula is C16H19N7. The zero-order chi connectivity index (χ0) is 16.1. The van der Waals surface area contributed by atoms with E-state index in [-0.39, 0.29) is 0 Å². The van der Waals surface area contributed by atoms with Gasteiger partial charge in [0.1, 0.15) is 17.7 Å². The fraction of sp³-hybridized carbons (Fsp3) is 0.375. The second-order valence-corrected chi connectivity index (χ2v) is 5.58. The number of likely N-dealkylation sites (N-methyl/N-ethyl adjacent to an activating group) is 1. The predicted molar refractivity (Wildman–Crippen MR) is 88.0 cm³/mol. The smallest absolute Gasteiger partial charge is 0.163 e. The minimum Gasteiger partial charge on any atom is -0.364 e. The Balaban J connectivity index is 1.56. The van der Waals surface area contributed by atoms with Crippen LogP contribution in [0.2, 0.25) is 0 Å². The summed E-state index contributed by atoms with van der Waals surface area (Å²) < 4.78 is 0. The van der Waals surface area contributed by atoms with E-state index in [9.17, 15) is 0 Å². The molecule has 1 saturated heterocycles. The van der Waals surface area contributed by atoms with Crippen molar-refractivity contribution in [2.75, 3.05) is 43.4 Å². The first kappa shape index (κ1) is 15.2. The zero-order valence-corrected chi connectivity index (χ0v) is 13.1. The summed E-state index contributed by atoms with van der Waals surface area (Å²) >= 11 is 0. The Morgan fingerprint density at radius 1 is 1.13 bits per heavy atom. The maximum Gasteiger partial charge on any atom is 0.163 e. The molecule has 1 fully saturated rings. The van der Waals surface area contributed by atoms with Gasteiger partial charge in [-0.1, -0.05) is 6.07 Å². The number of nitrogens with one attached hydrogen (secondary N) is 1. The van der Waals surface area contributed by atoms with Crippen molar-refractivity contribution in [1.29, 1.82) is 5.26 Å². The summed E-state index contributed by atoms with van der Waals surface area (Å²) in [7, 11) is 2.14. The number of anilines is 2. The van der Waals surface area contributed by atoms with Gasteiger partial charge < -0.3 is 15.1 Å². The minimum atomic E-state index is 0.314. The quantitative estimate of drug-likeness (QED) is 0.906. The summed E-state index contributed by atoms with van der Waals surface area (Å²) in [6.45, 7) is 4.80. The molecule has 118 valence electrons. The van der Waals surface area contributed by atoms with Gasteiger partial charge in [0.2, 0.25) is 0 Å². The highest BCUT2D eigenvalue weighted by molar-refractivity contribution is 5.41. The lowest BCUT2D eigenvalue weighted by Gasteiger charge is -2.33. The van der Waals surface area contributed by atoms with Crippen molar-refractivity contribution < 1.29 is 0 Å². The number of pyridine rings is 1. The van der Waals surface area contributed by atoms with Crippen molar-refractivity contribution in [1.82, 2.24) is 20.1 Å². The molecule has 0 aliphatic carbocycles. The van der Waals surface area contributed by atoms with Crippen molar-refractivity contribution in [2.45, 2.75) is 6.54 Å². The van der Waals surface area contributed by atoms with Gasteiger partial charge in [0.25, 0.3) is 0 Å². The molecule has 3 rings (SSSR count). The fourth-order valence-corrected chi connectivity index (χ4v) is 2.42. The van der Waals surface area contributed by atoms with Gasteiger partial charge in [0, 0.05) is 38.9 Å². The summed E-state index contributed by atoms with van der Waals surface area (Å²) in [5.74, 6) is 1.67. The summed E-state index contributed by atoms with van der Waals surface area (Å²) in [5, 5.41) is 19.6. The van der Waals surface area contributed by atoms with Gasteiger partial charge in [-0.25, -0.2) is 4.98 Å². The Bertz CT molecular complexity index is 667. The Hall–Kier alpha value is -2.72. The largest absolute Gasteiger partial charge is 0.364 e. The van der Waals surface area contributed by atoms with Gasteiger partial charge in [0.15, 0.2) is 5.69 Å². The molecule has 0 radical (unpaired) electrons. The van der Waals surface area contributed by atoms with Gasteiger partial charge in [-0.05, 0) is 30.8 Å². The van der Waals surface area contributed by atoms with E-state index in [0.29, 0.717) is 18.1 Å². The molecule has 0 unspecified atom stereocenters. The Kier molecular flexibility index (Phi) is 4.64. The van der Waals surface area contributed by atoms with Crippen molar-refractivity contribution in [3.8, 4) is 6.07 Å². The normalized spacial score (nSPS) is 15.2. The van der Waals surface area contributed by atoms with Gasteiger partial charge in [-0.3, -0.25) is 0 Å². The lowest BCUT2D eigenvalue weighted by molar-refractivity contribution is 0.312. The number of nitrogens with zero attached hydrogens (tertiary/aromatic N) is 6. The van der Waals surface area contributed by atoms with E-state index >= 15 is 0 Å². The third-order valence-electron chi connectivity index (χ3n) is 3.89. The van der Waals surface area contributed by atoms with E-state index in [0.717, 1.165) is 37.6 Å². The van der Waals surface area contributed by atoms with E-state index < -0.39 is 0 Å². The second-order valence-electron chi connectivity index (χ2n) is 5.58. The predicted octanol–water partition coefficient (Wildman–Crippen LogP) is 1.11. The first-order valence-electron chi connectivity index (χ1n) is 7.61. The van der Waals surface area contributed by atoms with Gasteiger partial charge in [-0.15, -0.1) is 10.2 Å². The van der Waals surface area contributed by atoms with Crippen LogP contribution in [0.25, 0.3) is 0 Å². The Labute approximate surface area is 135 Å². The molecule has 7 heteroatoms. The average molecular weight is 309 g/mol. The van der Waals surface area contributed by atoms with Gasteiger partial charge in [0.05, 0.1) is 0 Å². The number of piperazine rings is 1. The summed E-state index contributed by atoms with van der Waals surface area (Å²) in [5.41, 5.74) is 1.39. The van der Waals surface area contributed by atoms with Crippen molar-refractivity contribution in [3.05, 3.63) is 41.7 Å². The Morgan fingerprint density at radius 2 is 1.96 bits per heavy atom. The first-order valence-corrected chi connectivity index (χ1v) is 7.61. The topological polar surface area (TPSA) is 81.0 Å². The van der Waals surface area contributed by atoms with Crippen molar-refractivity contribution >= 4 is 11.6 Å². The zero-order valence-electron chi connectivity index (χ0n) is 13.1. The monoisotopic (exact) mass is 309 g/mol. The average Bonchev–Trinajstić information content (AvgIpc) is 2.61. The molecule has 0 atom stereocenters. The fourth-order valence-electron chi connectivity index (χ4n) is 2.42. The van der Waals surface area contributed by atoms with Crippen LogP contribution in [0.4, 0.5) is 11.6 Å². The number of aromatic nitrogens is 3. The number of nitriles is 1. The van der Waals surface area contributed by atoms with Gasteiger partial charge in [-0.2, -0.15) is 5.26 Å². The molecule has 7 nitrogen and oxygen atoms in total. The molecule has 0 spiro atoms. The van der Waals surface area contributed by atoms with E-state index in [1.807, 2.05) is 12.3 Å². The molecule has 23 heavy (non-hydrogen) atoms. The van der Waals surface area contributed by atoms with E-state index in [1.54, 1.807) is 12.1 Å². The van der Waals surface area contributed by atoms with Crippen LogP contribution in [-0.4, -0.2) is 53.3 Å². The van der Waals surface area contributed by atoms with Crippen LogP contribution in [0.15, 0.2) is 30.5 Å². The maximum atomic E-state index is 8.70. The highest BCUT2D eigenvalue weighted by atomic mass is 15.3. The van der Waals surface area contributed by atoms with Crippen LogP contribution in [0.3, 0.4) is 0 Å². The van der Waals surface area contributed by atoms with Crippen LogP contribution in [0, 0.1) is 11.3 Å². The van der Waals surface area contributed by atoms with E-state index in [2.05, 4.69) is 49.5 Å². The number of hydrogen-bond donors (Lipinski definition) is 1. The van der Waals surface area contributed by atoms with Crippen molar-refractivity contribution in [3.63, 3.8) is 0 Å². The van der Waals surface area contributed by atoms with Crippen molar-refractivity contribution in [2.24, 2.45) is 0 Å². The standard InChI is InChI=1S/C16H19N7/c1-22-6-8-23(9-7-22)16-5-2-13(12-19-16)11-18-15-4-3-14(10-17)20-21-15/h2-5,12H,6-9,11H2,1H3,(H,18,21). The molecule has 0 amide bonds. The molecule has 0 bridgehead atoms. The van der Waals surface area contributed by atoms with E-state index in [1.165, 1.54) is 0 Å². The molecular weight excluding hydrogens is 290 g/mol. The molecule has 1 aliphatic rings. The molecule has 2 aromatic rings. The first-order chi connectivity index (χ1) is 11.2. The van der Waals surface area contributed by atoms with Crippen LogP contribution in [-0.2, 0) is 6.54 Å². The molecule has 1 N–H and O–H groups in total. The summed E-state index contributed by atoms with van der Waals surface area (Å²) in [6, 6.07) is 9.48. The third kappa shape index (κ3) is 3.93. The molecule has 1 aliphatic heterocycles. The summed E-state index contributed by atoms with van der Waals surface area (Å²) in [6.07, 6.45) is 1.89. The molecule has 0 aromatic carbocycles. The second kappa shape index (κ2) is 7.03. The maximum absolute atomic E-state index is 8.70. The van der Waals surface area contributed by atoms with E-state index in [4.69, 9.17) is 5.26 Å². The SMILES string of the molecule is CN1CCN(c2ccc(CNc3ccc(C#N)nn3)cn2)CC1.